The number of Topliss-reactive ketones (excluding diaryl/α,β-unsaturated/α-hetero) is 1. The molecule has 0 aliphatic heterocycles. The van der Waals surface area contributed by atoms with Gasteiger partial charge in [0.1, 0.15) is 11.5 Å². The van der Waals surface area contributed by atoms with Crippen LogP contribution in [-0.4, -0.2) is 23.8 Å². The van der Waals surface area contributed by atoms with Crippen LogP contribution in [0, 0.1) is 5.41 Å². The minimum Gasteiger partial charge on any atom is -0.497 e. The molecule has 5 nitrogen and oxygen atoms in total. The van der Waals surface area contributed by atoms with E-state index in [1.165, 1.54) is 6.92 Å². The van der Waals surface area contributed by atoms with Gasteiger partial charge in [0, 0.05) is 30.5 Å². The number of hydrogen-bond donors (Lipinski definition) is 0. The molecule has 0 atom stereocenters. The van der Waals surface area contributed by atoms with E-state index in [2.05, 4.69) is 13.8 Å². The second kappa shape index (κ2) is 6.31. The summed E-state index contributed by atoms with van der Waals surface area (Å²) in [4.78, 5) is 28.4. The van der Waals surface area contributed by atoms with Crippen molar-refractivity contribution in [2.24, 2.45) is 5.41 Å². The van der Waals surface area contributed by atoms with Gasteiger partial charge in [0.05, 0.1) is 18.5 Å². The van der Waals surface area contributed by atoms with Crippen molar-refractivity contribution in [2.45, 2.75) is 33.6 Å². The monoisotopic (exact) mass is 339 g/mol. The summed E-state index contributed by atoms with van der Waals surface area (Å²) in [5.74, 6) is 0.694. The van der Waals surface area contributed by atoms with E-state index in [9.17, 15) is 9.59 Å². The zero-order chi connectivity index (χ0) is 18.2. The molecule has 0 saturated carbocycles. The summed E-state index contributed by atoms with van der Waals surface area (Å²) in [6.45, 7) is 5.49. The van der Waals surface area contributed by atoms with E-state index in [0.29, 0.717) is 34.7 Å². The molecule has 0 fully saturated rings. The predicted molar refractivity (Wildman–Crippen MR) is 94.0 cm³/mol. The second-order valence-corrected chi connectivity index (χ2v) is 7.09. The lowest BCUT2D eigenvalue weighted by Gasteiger charge is -2.29. The Balaban J connectivity index is 2.08. The molecule has 1 aromatic carbocycles. The van der Waals surface area contributed by atoms with Crippen LogP contribution in [0.5, 0.6) is 11.5 Å². The lowest BCUT2D eigenvalue weighted by Crippen LogP contribution is -2.27. The van der Waals surface area contributed by atoms with E-state index in [1.807, 2.05) is 12.1 Å². The van der Waals surface area contributed by atoms with E-state index >= 15 is 0 Å². The topological polar surface area (TPSA) is 65.5 Å². The van der Waals surface area contributed by atoms with Crippen molar-refractivity contribution in [2.75, 3.05) is 7.11 Å². The predicted octanol–water partition coefficient (Wildman–Crippen LogP) is 3.84. The van der Waals surface area contributed by atoms with Gasteiger partial charge in [-0.3, -0.25) is 14.6 Å². The summed E-state index contributed by atoms with van der Waals surface area (Å²) in [5, 5.41) is 0. The van der Waals surface area contributed by atoms with Crippen molar-refractivity contribution in [1.29, 1.82) is 0 Å². The van der Waals surface area contributed by atoms with Gasteiger partial charge in [0.2, 0.25) is 0 Å². The minimum atomic E-state index is -0.413. The number of rotatable bonds is 3. The van der Waals surface area contributed by atoms with Crippen molar-refractivity contribution in [3.8, 4) is 22.8 Å². The zero-order valence-electron chi connectivity index (χ0n) is 14.9. The molecular weight excluding hydrogens is 318 g/mol. The molecule has 0 unspecified atom stereocenters. The maximum atomic E-state index is 12.3. The Labute approximate surface area is 147 Å². The van der Waals surface area contributed by atoms with Crippen molar-refractivity contribution in [1.82, 2.24) is 4.98 Å². The van der Waals surface area contributed by atoms with Crippen LogP contribution in [0.1, 0.15) is 43.2 Å². The molecule has 1 aliphatic rings. The van der Waals surface area contributed by atoms with Crippen LogP contribution in [0.15, 0.2) is 30.3 Å². The maximum Gasteiger partial charge on any atom is 0.308 e. The van der Waals surface area contributed by atoms with Gasteiger partial charge in [-0.25, -0.2) is 0 Å². The highest BCUT2D eigenvalue weighted by atomic mass is 16.5. The van der Waals surface area contributed by atoms with Gasteiger partial charge >= 0.3 is 5.97 Å². The van der Waals surface area contributed by atoms with Gasteiger partial charge in [-0.1, -0.05) is 13.8 Å². The highest BCUT2D eigenvalue weighted by Crippen LogP contribution is 2.37. The molecule has 25 heavy (non-hydrogen) atoms. The second-order valence-electron chi connectivity index (χ2n) is 7.09. The lowest BCUT2D eigenvalue weighted by atomic mass is 9.75. The fourth-order valence-corrected chi connectivity index (χ4v) is 3.17. The number of carbonyl (C=O) groups is 2. The average molecular weight is 339 g/mol. The van der Waals surface area contributed by atoms with Crippen molar-refractivity contribution >= 4 is 11.8 Å². The number of pyridine rings is 1. The Morgan fingerprint density at radius 3 is 2.52 bits per heavy atom. The summed E-state index contributed by atoms with van der Waals surface area (Å²) < 4.78 is 10.5. The zero-order valence-corrected chi connectivity index (χ0v) is 14.9. The molecule has 0 radical (unpaired) electrons. The molecule has 1 aliphatic carbocycles. The molecule has 0 amide bonds. The third-order valence-electron chi connectivity index (χ3n) is 4.28. The molecule has 130 valence electrons. The summed E-state index contributed by atoms with van der Waals surface area (Å²) in [5.41, 5.74) is 2.74. The lowest BCUT2D eigenvalue weighted by molar-refractivity contribution is -0.131. The van der Waals surface area contributed by atoms with Gasteiger partial charge in [-0.05, 0) is 36.1 Å². The SMILES string of the molecule is COc1ccc(-c2ccc3c(n2)CC(C)(C)CC3=O)c(OC(C)=O)c1. The number of ether oxygens (including phenoxy) is 2. The van der Waals surface area contributed by atoms with Crippen LogP contribution in [0.25, 0.3) is 11.3 Å². The normalized spacial score (nSPS) is 15.4. The van der Waals surface area contributed by atoms with Crippen LogP contribution < -0.4 is 9.47 Å². The van der Waals surface area contributed by atoms with E-state index in [1.54, 1.807) is 25.3 Å². The summed E-state index contributed by atoms with van der Waals surface area (Å²) >= 11 is 0. The van der Waals surface area contributed by atoms with Gasteiger partial charge in [-0.15, -0.1) is 0 Å². The average Bonchev–Trinajstić information content (AvgIpc) is 2.52. The molecule has 3 rings (SSSR count). The van der Waals surface area contributed by atoms with Gasteiger partial charge in [0.25, 0.3) is 0 Å². The first-order valence-corrected chi connectivity index (χ1v) is 8.19. The van der Waals surface area contributed by atoms with Crippen LogP contribution in [0.4, 0.5) is 0 Å². The standard InChI is InChI=1S/C20H21NO4/c1-12(22)25-19-9-13(24-4)5-6-15(19)16-8-7-14-17(21-16)10-20(2,3)11-18(14)23/h5-9H,10-11H2,1-4H3. The summed E-state index contributed by atoms with van der Waals surface area (Å²) in [6.07, 6.45) is 1.27. The Morgan fingerprint density at radius 2 is 1.84 bits per heavy atom. The van der Waals surface area contributed by atoms with E-state index in [0.717, 1.165) is 12.1 Å². The number of fused-ring (bicyclic) bond motifs is 1. The molecule has 1 aromatic heterocycles. The molecule has 0 bridgehead atoms. The largest absolute Gasteiger partial charge is 0.497 e. The number of nitrogens with zero attached hydrogens (tertiary/aromatic N) is 1. The quantitative estimate of drug-likeness (QED) is 0.628. The summed E-state index contributed by atoms with van der Waals surface area (Å²) in [7, 11) is 1.55. The third kappa shape index (κ3) is 3.55. The van der Waals surface area contributed by atoms with E-state index in [-0.39, 0.29) is 11.2 Å². The summed E-state index contributed by atoms with van der Waals surface area (Å²) in [6, 6.07) is 8.87. The number of carbonyl (C=O) groups excluding carboxylic acids is 2. The number of aromatic nitrogens is 1. The van der Waals surface area contributed by atoms with Gasteiger partial charge in [0.15, 0.2) is 5.78 Å². The number of benzene rings is 1. The Morgan fingerprint density at radius 1 is 1.12 bits per heavy atom. The molecular formula is C20H21NO4. The van der Waals surface area contributed by atoms with Crippen LogP contribution in [0.2, 0.25) is 0 Å². The van der Waals surface area contributed by atoms with Crippen LogP contribution in [0.3, 0.4) is 0 Å². The van der Waals surface area contributed by atoms with Gasteiger partial charge in [-0.2, -0.15) is 0 Å². The number of hydrogen-bond acceptors (Lipinski definition) is 5. The fourth-order valence-electron chi connectivity index (χ4n) is 3.17. The van der Waals surface area contributed by atoms with Crippen molar-refractivity contribution in [3.63, 3.8) is 0 Å². The van der Waals surface area contributed by atoms with Crippen LogP contribution >= 0.6 is 0 Å². The highest BCUT2D eigenvalue weighted by molar-refractivity contribution is 5.99. The molecule has 1 heterocycles. The molecule has 0 spiro atoms. The fraction of sp³-hybridized carbons (Fsp3) is 0.350. The van der Waals surface area contributed by atoms with Gasteiger partial charge < -0.3 is 9.47 Å². The first-order chi connectivity index (χ1) is 11.8. The van der Waals surface area contributed by atoms with E-state index < -0.39 is 5.97 Å². The van der Waals surface area contributed by atoms with Crippen molar-refractivity contribution in [3.05, 3.63) is 41.6 Å². The minimum absolute atomic E-state index is 0.103. The number of methoxy groups -OCH3 is 1. The third-order valence-corrected chi connectivity index (χ3v) is 4.28. The first-order valence-electron chi connectivity index (χ1n) is 8.19. The van der Waals surface area contributed by atoms with Crippen molar-refractivity contribution < 1.29 is 19.1 Å². The molecule has 0 saturated heterocycles. The smallest absolute Gasteiger partial charge is 0.308 e. The Kier molecular flexibility index (Phi) is 4.33. The molecule has 2 aromatic rings. The number of ketones is 1. The number of esters is 1. The maximum absolute atomic E-state index is 12.3. The Hall–Kier alpha value is -2.69. The molecule has 0 N–H and O–H groups in total. The Bertz CT molecular complexity index is 855. The highest BCUT2D eigenvalue weighted by Gasteiger charge is 2.32. The van der Waals surface area contributed by atoms with E-state index in [4.69, 9.17) is 14.5 Å². The first kappa shape index (κ1) is 17.1. The van der Waals surface area contributed by atoms with Crippen LogP contribution in [-0.2, 0) is 11.2 Å². The molecule has 5 heteroatoms.